The first kappa shape index (κ1) is 18.8. The minimum absolute atomic E-state index is 0.0330. The number of aromatic nitrogens is 1. The van der Waals surface area contributed by atoms with Gasteiger partial charge in [0.05, 0.1) is 22.5 Å². The lowest BCUT2D eigenvalue weighted by Gasteiger charge is -2.48. The largest absolute Gasteiger partial charge is 0.307 e. The van der Waals surface area contributed by atoms with Gasteiger partial charge >= 0.3 is 4.87 Å². The highest BCUT2D eigenvalue weighted by Gasteiger charge is 2.71. The van der Waals surface area contributed by atoms with Crippen molar-refractivity contribution in [1.82, 2.24) is 4.98 Å². The molecule has 7 atom stereocenters. The zero-order valence-corrected chi connectivity index (χ0v) is 18.2. The zero-order chi connectivity index (χ0) is 20.9. The first-order chi connectivity index (χ1) is 14.3. The molecule has 6 rings (SSSR count). The van der Waals surface area contributed by atoms with Crippen LogP contribution in [0.25, 0.3) is 0 Å². The number of halogens is 1. The molecule has 1 N–H and O–H groups in total. The fourth-order valence-electron chi connectivity index (χ4n) is 6.74. The molecule has 2 aliphatic carbocycles. The van der Waals surface area contributed by atoms with E-state index in [1.54, 1.807) is 11.8 Å². The Morgan fingerprint density at radius 1 is 1.13 bits per heavy atom. The van der Waals surface area contributed by atoms with Gasteiger partial charge < -0.3 is 4.98 Å². The van der Waals surface area contributed by atoms with Gasteiger partial charge in [-0.1, -0.05) is 25.2 Å². The molecule has 5 nitrogen and oxygen atoms in total. The molecule has 30 heavy (non-hydrogen) atoms. The Labute approximate surface area is 181 Å². The fourth-order valence-corrected chi connectivity index (χ4v) is 9.93. The van der Waals surface area contributed by atoms with Crippen molar-refractivity contribution in [3.63, 3.8) is 0 Å². The van der Waals surface area contributed by atoms with Crippen molar-refractivity contribution in [1.29, 1.82) is 0 Å². The molecule has 0 spiro atoms. The van der Waals surface area contributed by atoms with Gasteiger partial charge in [0, 0.05) is 15.5 Å². The topological polar surface area (TPSA) is 70.2 Å². The van der Waals surface area contributed by atoms with Crippen LogP contribution in [0, 0.1) is 35.4 Å². The molecule has 0 radical (unpaired) electrons. The molecule has 1 saturated heterocycles. The quantitative estimate of drug-likeness (QED) is 0.716. The van der Waals surface area contributed by atoms with Gasteiger partial charge in [0.1, 0.15) is 5.82 Å². The molecule has 2 saturated carbocycles. The van der Waals surface area contributed by atoms with E-state index in [1.807, 2.05) is 0 Å². The predicted octanol–water partition coefficient (Wildman–Crippen LogP) is 3.79. The van der Waals surface area contributed by atoms with Crippen LogP contribution in [-0.2, 0) is 15.0 Å². The average molecular weight is 445 g/mol. The summed E-state index contributed by atoms with van der Waals surface area (Å²) in [5.74, 6) is -0.770. The first-order valence-electron chi connectivity index (χ1n) is 10.4. The highest BCUT2D eigenvalue weighted by molar-refractivity contribution is 8.00. The number of anilines is 1. The van der Waals surface area contributed by atoms with Crippen LogP contribution >= 0.6 is 23.1 Å². The van der Waals surface area contributed by atoms with Crippen molar-refractivity contribution in [3.05, 3.63) is 44.6 Å². The Hall–Kier alpha value is -1.93. The number of hydrogen-bond acceptors (Lipinski definition) is 5. The number of nitrogens with zero attached hydrogens (tertiary/aromatic N) is 1. The summed E-state index contributed by atoms with van der Waals surface area (Å²) in [7, 11) is 0. The van der Waals surface area contributed by atoms with E-state index >= 15 is 0 Å². The van der Waals surface area contributed by atoms with Gasteiger partial charge in [-0.2, -0.15) is 0 Å². The molecule has 2 aliphatic heterocycles. The zero-order valence-electron chi connectivity index (χ0n) is 16.6. The van der Waals surface area contributed by atoms with Crippen LogP contribution in [0.2, 0.25) is 0 Å². The van der Waals surface area contributed by atoms with Crippen LogP contribution in [0.4, 0.5) is 10.1 Å². The molecule has 2 aromatic rings. The summed E-state index contributed by atoms with van der Waals surface area (Å²) in [6.07, 6.45) is 1.78. The van der Waals surface area contributed by atoms with Crippen LogP contribution in [0.15, 0.2) is 34.1 Å². The monoisotopic (exact) mass is 444 g/mol. The van der Waals surface area contributed by atoms with E-state index in [2.05, 4.69) is 18.8 Å². The maximum Gasteiger partial charge on any atom is 0.305 e. The second-order valence-corrected chi connectivity index (χ2v) is 11.3. The summed E-state index contributed by atoms with van der Waals surface area (Å²) in [5.41, 5.74) is 0.282. The van der Waals surface area contributed by atoms with Crippen LogP contribution in [0.1, 0.15) is 31.6 Å². The second kappa shape index (κ2) is 6.07. The molecule has 8 heteroatoms. The highest BCUT2D eigenvalue weighted by atomic mass is 32.2. The number of carbonyl (C=O) groups is 2. The number of thiazole rings is 1. The number of carbonyl (C=O) groups excluding carboxylic acids is 2. The molecule has 156 valence electrons. The number of imide groups is 1. The number of H-pyrrole nitrogens is 1. The van der Waals surface area contributed by atoms with Gasteiger partial charge in [-0.15, -0.1) is 11.8 Å². The molecule has 1 aromatic heterocycles. The molecular weight excluding hydrogens is 423 g/mol. The number of amides is 2. The molecular formula is C22H21FN2O3S2. The summed E-state index contributed by atoms with van der Waals surface area (Å²) < 4.78 is 13.4. The van der Waals surface area contributed by atoms with Crippen LogP contribution in [0.5, 0.6) is 0 Å². The minimum atomic E-state index is -0.389. The maximum atomic E-state index is 13.4. The van der Waals surface area contributed by atoms with E-state index in [9.17, 15) is 18.8 Å². The third-order valence-corrected chi connectivity index (χ3v) is 10.8. The van der Waals surface area contributed by atoms with Gasteiger partial charge in [0.25, 0.3) is 0 Å². The standard InChI is InChI=1S/C22H21FN2O3S2/c1-3-22(2)15-11-8-12(16(15)29-18-17(22)30-21(28)24-18)14-13(11)19(26)25(20(14)27)10-6-4-9(23)5-7-10/h4-7,11-16H,3,8H2,1-2H3,(H,24,28)/t11-,12-,13-,14-,15+,16+,22-/m0/s1. The number of rotatable bonds is 2. The normalized spacial score (nSPS) is 38.7. The lowest BCUT2D eigenvalue weighted by Crippen LogP contribution is -2.49. The summed E-state index contributed by atoms with van der Waals surface area (Å²) >= 11 is 3.00. The Morgan fingerprint density at radius 2 is 1.80 bits per heavy atom. The van der Waals surface area contributed by atoms with Gasteiger partial charge in [0.2, 0.25) is 11.8 Å². The lowest BCUT2D eigenvalue weighted by molar-refractivity contribution is -0.123. The Kier molecular flexibility index (Phi) is 3.80. The highest BCUT2D eigenvalue weighted by Crippen LogP contribution is 2.69. The number of thioether (sulfide) groups is 1. The Bertz CT molecular complexity index is 1140. The third kappa shape index (κ3) is 2.16. The lowest BCUT2D eigenvalue weighted by atomic mass is 9.62. The molecule has 4 aliphatic rings. The van der Waals surface area contributed by atoms with Gasteiger partial charge in [-0.25, -0.2) is 4.39 Å². The van der Waals surface area contributed by atoms with E-state index in [0.29, 0.717) is 5.69 Å². The SMILES string of the molecule is CC[C@]1(C)c2sc(=O)[nH]c2S[C@@H]2[C@H]3C[C@@H]([C@@H]4C(=O)N(c5ccc(F)cc5)C(=O)[C@@H]34)[C@H]21. The van der Waals surface area contributed by atoms with E-state index < -0.39 is 0 Å². The van der Waals surface area contributed by atoms with Crippen LogP contribution in [0.3, 0.4) is 0 Å². The van der Waals surface area contributed by atoms with Crippen molar-refractivity contribution in [2.24, 2.45) is 29.6 Å². The molecule has 2 bridgehead atoms. The van der Waals surface area contributed by atoms with Crippen LogP contribution in [-0.4, -0.2) is 22.0 Å². The van der Waals surface area contributed by atoms with E-state index in [-0.39, 0.29) is 62.8 Å². The minimum Gasteiger partial charge on any atom is -0.307 e. The van der Waals surface area contributed by atoms with Gasteiger partial charge in [0.15, 0.2) is 0 Å². The second-order valence-electron chi connectivity index (χ2n) is 9.16. The first-order valence-corrected chi connectivity index (χ1v) is 12.1. The smallest absolute Gasteiger partial charge is 0.305 e. The molecule has 3 heterocycles. The van der Waals surface area contributed by atoms with Gasteiger partial charge in [-0.3, -0.25) is 19.3 Å². The van der Waals surface area contributed by atoms with Crippen LogP contribution < -0.4 is 9.77 Å². The number of benzene rings is 1. The van der Waals surface area contributed by atoms with Crippen molar-refractivity contribution in [3.8, 4) is 0 Å². The molecule has 3 fully saturated rings. The van der Waals surface area contributed by atoms with Crippen molar-refractivity contribution >= 4 is 40.6 Å². The van der Waals surface area contributed by atoms with E-state index in [0.717, 1.165) is 22.7 Å². The summed E-state index contributed by atoms with van der Waals surface area (Å²) in [6.45, 7) is 4.37. The number of fused-ring (bicyclic) bond motifs is 9. The summed E-state index contributed by atoms with van der Waals surface area (Å²) in [5, 5.41) is 1.18. The summed E-state index contributed by atoms with van der Waals surface area (Å²) in [6, 6.07) is 5.59. The van der Waals surface area contributed by atoms with Crippen molar-refractivity contribution in [2.45, 2.75) is 42.4 Å². The van der Waals surface area contributed by atoms with Gasteiger partial charge in [-0.05, 0) is 54.9 Å². The van der Waals surface area contributed by atoms with Crippen molar-refractivity contribution in [2.75, 3.05) is 4.90 Å². The van der Waals surface area contributed by atoms with Crippen molar-refractivity contribution < 1.29 is 14.0 Å². The average Bonchev–Trinajstić information content (AvgIpc) is 3.44. The predicted molar refractivity (Wildman–Crippen MR) is 113 cm³/mol. The van der Waals surface area contributed by atoms with E-state index in [4.69, 9.17) is 0 Å². The molecule has 2 amide bonds. The molecule has 0 unspecified atom stereocenters. The maximum absolute atomic E-state index is 13.4. The van der Waals surface area contributed by atoms with E-state index in [1.165, 1.54) is 40.5 Å². The summed E-state index contributed by atoms with van der Waals surface area (Å²) in [4.78, 5) is 44.3. The number of hydrogen-bond donors (Lipinski definition) is 1. The fraction of sp³-hybridized carbons (Fsp3) is 0.500. The number of nitrogens with one attached hydrogen (secondary N) is 1. The number of aromatic amines is 1. The molecule has 1 aromatic carbocycles. The Balaban J connectivity index is 1.43. The Morgan fingerprint density at radius 3 is 2.47 bits per heavy atom. The third-order valence-electron chi connectivity index (χ3n) is 8.05.